The van der Waals surface area contributed by atoms with Crippen LogP contribution >= 0.6 is 0 Å². The second-order valence-corrected chi connectivity index (χ2v) is 6.38. The fourth-order valence-electron chi connectivity index (χ4n) is 3.47. The third kappa shape index (κ3) is 3.22. The summed E-state index contributed by atoms with van der Waals surface area (Å²) in [6, 6.07) is 8.26. The fraction of sp³-hybridized carbons (Fsp3) is 0.474. The SMILES string of the molecule is CNCCn1c(-c2cccc(C(F)(F)CF)c2)cc2c1CCCC2. The van der Waals surface area contributed by atoms with Crippen LogP contribution in [0.5, 0.6) is 0 Å². The summed E-state index contributed by atoms with van der Waals surface area (Å²) in [7, 11) is 1.90. The zero-order chi connectivity index (χ0) is 17.2. The number of rotatable bonds is 6. The number of nitrogens with zero attached hydrogens (tertiary/aromatic N) is 1. The summed E-state index contributed by atoms with van der Waals surface area (Å²) < 4.78 is 42.3. The largest absolute Gasteiger partial charge is 0.343 e. The first-order valence-corrected chi connectivity index (χ1v) is 8.47. The molecule has 0 amide bonds. The van der Waals surface area contributed by atoms with Crippen molar-refractivity contribution < 1.29 is 13.2 Å². The Kier molecular flexibility index (Phi) is 4.99. The van der Waals surface area contributed by atoms with Gasteiger partial charge in [0.2, 0.25) is 0 Å². The van der Waals surface area contributed by atoms with Crippen molar-refractivity contribution in [1.29, 1.82) is 0 Å². The van der Waals surface area contributed by atoms with Crippen LogP contribution in [0.3, 0.4) is 0 Å². The third-order valence-electron chi connectivity index (χ3n) is 4.74. The maximum atomic E-state index is 13.7. The van der Waals surface area contributed by atoms with E-state index in [0.29, 0.717) is 0 Å². The molecule has 0 saturated heterocycles. The Morgan fingerprint density at radius 2 is 1.96 bits per heavy atom. The Morgan fingerprint density at radius 3 is 2.71 bits per heavy atom. The van der Waals surface area contributed by atoms with E-state index in [1.54, 1.807) is 6.07 Å². The molecule has 3 rings (SSSR count). The molecule has 0 bridgehead atoms. The third-order valence-corrected chi connectivity index (χ3v) is 4.74. The van der Waals surface area contributed by atoms with Crippen LogP contribution in [0.25, 0.3) is 11.3 Å². The summed E-state index contributed by atoms with van der Waals surface area (Å²) in [5.41, 5.74) is 4.05. The lowest BCUT2D eigenvalue weighted by Crippen LogP contribution is -2.18. The molecule has 1 aromatic heterocycles. The highest BCUT2D eigenvalue weighted by atomic mass is 19.3. The molecule has 1 aliphatic carbocycles. The lowest BCUT2D eigenvalue weighted by molar-refractivity contribution is -0.0280. The van der Waals surface area contributed by atoms with E-state index >= 15 is 0 Å². The average molecular weight is 336 g/mol. The molecule has 5 heteroatoms. The van der Waals surface area contributed by atoms with Gasteiger partial charge in [-0.2, -0.15) is 8.78 Å². The minimum Gasteiger partial charge on any atom is -0.343 e. The van der Waals surface area contributed by atoms with Crippen molar-refractivity contribution >= 4 is 0 Å². The molecule has 1 heterocycles. The monoisotopic (exact) mass is 336 g/mol. The Balaban J connectivity index is 2.05. The molecule has 130 valence electrons. The highest BCUT2D eigenvalue weighted by Gasteiger charge is 2.32. The van der Waals surface area contributed by atoms with Crippen molar-refractivity contribution in [3.05, 3.63) is 47.2 Å². The number of nitrogens with one attached hydrogen (secondary N) is 1. The molecule has 1 N–H and O–H groups in total. The molecule has 0 aliphatic heterocycles. The van der Waals surface area contributed by atoms with Gasteiger partial charge in [0, 0.05) is 30.0 Å². The van der Waals surface area contributed by atoms with Crippen LogP contribution in [0.15, 0.2) is 30.3 Å². The van der Waals surface area contributed by atoms with Gasteiger partial charge in [-0.15, -0.1) is 0 Å². The van der Waals surface area contributed by atoms with Gasteiger partial charge in [-0.3, -0.25) is 0 Å². The van der Waals surface area contributed by atoms with E-state index in [4.69, 9.17) is 0 Å². The minimum absolute atomic E-state index is 0.262. The van der Waals surface area contributed by atoms with E-state index in [9.17, 15) is 13.2 Å². The van der Waals surface area contributed by atoms with E-state index < -0.39 is 12.6 Å². The van der Waals surface area contributed by atoms with Gasteiger partial charge in [-0.05, 0) is 56.0 Å². The van der Waals surface area contributed by atoms with Crippen molar-refractivity contribution in [2.75, 3.05) is 20.3 Å². The molecule has 0 radical (unpaired) electrons. The standard InChI is InChI=1S/C19H23F3N2/c1-23-9-10-24-17-8-3-2-5-15(17)12-18(24)14-6-4-7-16(11-14)19(21,22)13-20/h4,6-7,11-12,23H,2-3,5,8-10,13H2,1H3. The highest BCUT2D eigenvalue weighted by Crippen LogP contribution is 2.34. The first-order chi connectivity index (χ1) is 11.6. The predicted octanol–water partition coefficient (Wildman–Crippen LogP) is 4.31. The zero-order valence-corrected chi connectivity index (χ0v) is 13.9. The smallest absolute Gasteiger partial charge is 0.301 e. The van der Waals surface area contributed by atoms with E-state index in [1.165, 1.54) is 29.8 Å². The normalized spacial score (nSPS) is 14.7. The van der Waals surface area contributed by atoms with Crippen LogP contribution in [-0.2, 0) is 25.3 Å². The summed E-state index contributed by atoms with van der Waals surface area (Å²) in [4.78, 5) is 0. The molecule has 1 aromatic carbocycles. The zero-order valence-electron chi connectivity index (χ0n) is 13.9. The maximum absolute atomic E-state index is 13.7. The maximum Gasteiger partial charge on any atom is 0.301 e. The Bertz CT molecular complexity index is 707. The lowest BCUT2D eigenvalue weighted by atomic mass is 9.97. The van der Waals surface area contributed by atoms with Crippen molar-refractivity contribution in [3.63, 3.8) is 0 Å². The van der Waals surface area contributed by atoms with E-state index in [-0.39, 0.29) is 5.56 Å². The topological polar surface area (TPSA) is 17.0 Å². The van der Waals surface area contributed by atoms with Crippen molar-refractivity contribution in [2.24, 2.45) is 0 Å². The van der Waals surface area contributed by atoms with Gasteiger partial charge in [0.05, 0.1) is 0 Å². The summed E-state index contributed by atoms with van der Waals surface area (Å²) >= 11 is 0. The van der Waals surface area contributed by atoms with Gasteiger partial charge < -0.3 is 9.88 Å². The number of aryl methyl sites for hydroxylation is 1. The molecule has 0 fully saturated rings. The van der Waals surface area contributed by atoms with Gasteiger partial charge in [-0.1, -0.05) is 18.2 Å². The number of likely N-dealkylation sites (N-methyl/N-ethyl adjacent to an activating group) is 1. The Morgan fingerprint density at radius 1 is 1.17 bits per heavy atom. The predicted molar refractivity (Wildman–Crippen MR) is 90.3 cm³/mol. The molecule has 0 unspecified atom stereocenters. The van der Waals surface area contributed by atoms with Crippen LogP contribution in [0.1, 0.15) is 29.7 Å². The first-order valence-electron chi connectivity index (χ1n) is 8.47. The molecule has 0 spiro atoms. The van der Waals surface area contributed by atoms with Gasteiger partial charge in [0.25, 0.3) is 0 Å². The molecular formula is C19H23F3N2. The molecule has 0 atom stereocenters. The quantitative estimate of drug-likeness (QED) is 0.831. The highest BCUT2D eigenvalue weighted by molar-refractivity contribution is 5.64. The van der Waals surface area contributed by atoms with Crippen LogP contribution in [0.4, 0.5) is 13.2 Å². The molecule has 1 aliphatic rings. The summed E-state index contributed by atoms with van der Waals surface area (Å²) in [6.07, 6.45) is 4.40. The summed E-state index contributed by atoms with van der Waals surface area (Å²) in [5, 5.41) is 3.15. The number of benzene rings is 1. The Hall–Kier alpha value is -1.75. The molecule has 2 nitrogen and oxygen atoms in total. The number of aromatic nitrogens is 1. The van der Waals surface area contributed by atoms with E-state index in [1.807, 2.05) is 13.1 Å². The number of halogens is 3. The van der Waals surface area contributed by atoms with Gasteiger partial charge in [-0.25, -0.2) is 4.39 Å². The van der Waals surface area contributed by atoms with Gasteiger partial charge in [0.15, 0.2) is 6.67 Å². The number of hydrogen-bond acceptors (Lipinski definition) is 1. The summed E-state index contributed by atoms with van der Waals surface area (Å²) in [5.74, 6) is -3.43. The van der Waals surface area contributed by atoms with E-state index in [0.717, 1.165) is 43.6 Å². The number of hydrogen-bond donors (Lipinski definition) is 1. The lowest BCUT2D eigenvalue weighted by Gasteiger charge is -2.18. The van der Waals surface area contributed by atoms with Crippen molar-refractivity contribution in [2.45, 2.75) is 38.2 Å². The number of alkyl halides is 3. The van der Waals surface area contributed by atoms with Crippen molar-refractivity contribution in [1.82, 2.24) is 9.88 Å². The average Bonchev–Trinajstić information content (AvgIpc) is 2.98. The molecular weight excluding hydrogens is 313 g/mol. The Labute approximate surface area is 140 Å². The first kappa shape index (κ1) is 17.1. The molecule has 24 heavy (non-hydrogen) atoms. The fourth-order valence-corrected chi connectivity index (χ4v) is 3.47. The van der Waals surface area contributed by atoms with Crippen molar-refractivity contribution in [3.8, 4) is 11.3 Å². The van der Waals surface area contributed by atoms with Crippen LogP contribution in [0, 0.1) is 0 Å². The molecule has 2 aromatic rings. The molecule has 0 saturated carbocycles. The number of fused-ring (bicyclic) bond motifs is 1. The van der Waals surface area contributed by atoms with Crippen LogP contribution < -0.4 is 5.32 Å². The van der Waals surface area contributed by atoms with Crippen LogP contribution in [0.2, 0.25) is 0 Å². The van der Waals surface area contributed by atoms with E-state index in [2.05, 4.69) is 16.0 Å². The second-order valence-electron chi connectivity index (χ2n) is 6.38. The minimum atomic E-state index is -3.43. The second kappa shape index (κ2) is 7.01. The van der Waals surface area contributed by atoms with Crippen LogP contribution in [-0.4, -0.2) is 24.8 Å². The van der Waals surface area contributed by atoms with Gasteiger partial charge >= 0.3 is 5.92 Å². The van der Waals surface area contributed by atoms with Gasteiger partial charge in [0.1, 0.15) is 0 Å². The summed E-state index contributed by atoms with van der Waals surface area (Å²) in [6.45, 7) is -0.0624.